The van der Waals surface area contributed by atoms with Crippen molar-refractivity contribution in [3.8, 4) is 0 Å². The number of hydrogen-bond donors (Lipinski definition) is 2. The van der Waals surface area contributed by atoms with Gasteiger partial charge in [0.1, 0.15) is 11.4 Å². The molecule has 2 rings (SSSR count). The number of nitrogens with zero attached hydrogens (tertiary/aromatic N) is 2. The first-order valence-corrected chi connectivity index (χ1v) is 7.92. The number of rotatable bonds is 7. The molecule has 1 heterocycles. The molecule has 2 amide bonds. The highest BCUT2D eigenvalue weighted by Gasteiger charge is 2.12. The molecular formula is C15H18N4O2S. The van der Waals surface area contributed by atoms with E-state index in [1.807, 2.05) is 30.3 Å². The minimum Gasteiger partial charge on any atom is -0.352 e. The Morgan fingerprint density at radius 2 is 1.91 bits per heavy atom. The van der Waals surface area contributed by atoms with E-state index in [2.05, 4.69) is 27.8 Å². The van der Waals surface area contributed by atoms with Gasteiger partial charge in [-0.25, -0.2) is 0 Å². The molecule has 0 radical (unpaired) electrons. The second-order valence-electron chi connectivity index (χ2n) is 4.74. The predicted molar refractivity (Wildman–Crippen MR) is 85.4 cm³/mol. The lowest BCUT2D eigenvalue weighted by atomic mass is 10.2. The maximum Gasteiger partial charge on any atom is 0.235 e. The number of nitrogens with one attached hydrogen (secondary N) is 2. The van der Waals surface area contributed by atoms with Crippen LogP contribution >= 0.6 is 11.3 Å². The fourth-order valence-electron chi connectivity index (χ4n) is 1.79. The third-order valence-electron chi connectivity index (χ3n) is 2.83. The third-order valence-corrected chi connectivity index (χ3v) is 3.73. The Morgan fingerprint density at radius 1 is 1.14 bits per heavy atom. The normalized spacial score (nSPS) is 10.2. The molecule has 0 aliphatic rings. The van der Waals surface area contributed by atoms with Crippen molar-refractivity contribution >= 4 is 28.3 Å². The van der Waals surface area contributed by atoms with Gasteiger partial charge in [0.05, 0.1) is 0 Å². The summed E-state index contributed by atoms with van der Waals surface area (Å²) in [6.07, 6.45) is 1.59. The summed E-state index contributed by atoms with van der Waals surface area (Å²) in [4.78, 5) is 23.5. The van der Waals surface area contributed by atoms with Crippen LogP contribution in [-0.2, 0) is 22.6 Å². The van der Waals surface area contributed by atoms with E-state index in [0.29, 0.717) is 11.7 Å². The number of hydrogen-bond acceptors (Lipinski definition) is 5. The lowest BCUT2D eigenvalue weighted by Gasteiger charge is -2.05. The van der Waals surface area contributed by atoms with E-state index in [1.54, 1.807) is 0 Å². The van der Waals surface area contributed by atoms with Crippen molar-refractivity contribution in [3.05, 3.63) is 40.9 Å². The van der Waals surface area contributed by atoms with Crippen LogP contribution in [-0.4, -0.2) is 22.0 Å². The van der Waals surface area contributed by atoms with Crippen molar-refractivity contribution in [2.45, 2.75) is 32.7 Å². The van der Waals surface area contributed by atoms with Crippen LogP contribution < -0.4 is 10.6 Å². The second-order valence-corrected chi connectivity index (χ2v) is 5.80. The van der Waals surface area contributed by atoms with Crippen LogP contribution in [0.3, 0.4) is 0 Å². The largest absolute Gasteiger partial charge is 0.352 e. The average Bonchev–Trinajstić information content (AvgIpc) is 2.93. The topological polar surface area (TPSA) is 84.0 Å². The molecule has 0 atom stereocenters. The third kappa shape index (κ3) is 5.25. The smallest absolute Gasteiger partial charge is 0.235 e. The summed E-state index contributed by atoms with van der Waals surface area (Å²) < 4.78 is 0. The minimum absolute atomic E-state index is 0.227. The molecule has 0 bridgehead atoms. The van der Waals surface area contributed by atoms with Gasteiger partial charge in [0.15, 0.2) is 0 Å². The highest BCUT2D eigenvalue weighted by molar-refractivity contribution is 7.15. The molecule has 6 nitrogen and oxygen atoms in total. The number of anilines is 1. The number of aryl methyl sites for hydroxylation is 1. The SMILES string of the molecule is CCCc1nnc(NC(=O)CC(=O)NCc2ccccc2)s1. The number of amides is 2. The zero-order valence-electron chi connectivity index (χ0n) is 12.3. The molecule has 1 aromatic heterocycles. The van der Waals surface area contributed by atoms with Crippen LogP contribution in [0.5, 0.6) is 0 Å². The molecule has 0 spiro atoms. The Bertz CT molecular complexity index is 627. The van der Waals surface area contributed by atoms with Crippen molar-refractivity contribution in [2.75, 3.05) is 5.32 Å². The molecule has 7 heteroatoms. The van der Waals surface area contributed by atoms with Gasteiger partial charge in [-0.3, -0.25) is 9.59 Å². The van der Waals surface area contributed by atoms with Crippen molar-refractivity contribution in [1.82, 2.24) is 15.5 Å². The van der Waals surface area contributed by atoms with Crippen LogP contribution in [0.2, 0.25) is 0 Å². The summed E-state index contributed by atoms with van der Waals surface area (Å²) in [5, 5.41) is 14.5. The number of aromatic nitrogens is 2. The quantitative estimate of drug-likeness (QED) is 0.766. The van der Waals surface area contributed by atoms with Crippen LogP contribution in [0.15, 0.2) is 30.3 Å². The van der Waals surface area contributed by atoms with Crippen LogP contribution in [0.4, 0.5) is 5.13 Å². The molecule has 2 aromatic rings. The zero-order valence-corrected chi connectivity index (χ0v) is 13.2. The summed E-state index contributed by atoms with van der Waals surface area (Å²) in [5.41, 5.74) is 0.990. The Morgan fingerprint density at radius 3 is 2.64 bits per heavy atom. The fourth-order valence-corrected chi connectivity index (χ4v) is 2.64. The van der Waals surface area contributed by atoms with Crippen molar-refractivity contribution in [1.29, 1.82) is 0 Å². The first kappa shape index (κ1) is 16.1. The maximum atomic E-state index is 11.8. The molecule has 0 saturated carbocycles. The molecule has 0 fully saturated rings. The van der Waals surface area contributed by atoms with Crippen LogP contribution in [0, 0.1) is 0 Å². The lowest BCUT2D eigenvalue weighted by Crippen LogP contribution is -2.27. The van der Waals surface area contributed by atoms with Crippen LogP contribution in [0.25, 0.3) is 0 Å². The monoisotopic (exact) mass is 318 g/mol. The van der Waals surface area contributed by atoms with E-state index in [-0.39, 0.29) is 18.2 Å². The van der Waals surface area contributed by atoms with Crippen molar-refractivity contribution in [2.24, 2.45) is 0 Å². The Labute approximate surface area is 133 Å². The number of carbonyl (C=O) groups is 2. The van der Waals surface area contributed by atoms with E-state index in [1.165, 1.54) is 11.3 Å². The molecule has 0 unspecified atom stereocenters. The highest BCUT2D eigenvalue weighted by atomic mass is 32.1. The van der Waals surface area contributed by atoms with E-state index in [9.17, 15) is 9.59 Å². The Hall–Kier alpha value is -2.28. The molecule has 0 aliphatic heterocycles. The predicted octanol–water partition coefficient (Wildman–Crippen LogP) is 2.14. The zero-order chi connectivity index (χ0) is 15.8. The molecule has 2 N–H and O–H groups in total. The maximum absolute atomic E-state index is 11.8. The van der Waals surface area contributed by atoms with Gasteiger partial charge < -0.3 is 10.6 Å². The Kier molecular flexibility index (Phi) is 6.02. The number of carbonyl (C=O) groups excluding carboxylic acids is 2. The second kappa shape index (κ2) is 8.23. The average molecular weight is 318 g/mol. The molecule has 116 valence electrons. The molecule has 0 aliphatic carbocycles. The van der Waals surface area contributed by atoms with E-state index < -0.39 is 0 Å². The molecular weight excluding hydrogens is 300 g/mol. The highest BCUT2D eigenvalue weighted by Crippen LogP contribution is 2.16. The molecule has 1 aromatic carbocycles. The van der Waals surface area contributed by atoms with Crippen molar-refractivity contribution in [3.63, 3.8) is 0 Å². The van der Waals surface area contributed by atoms with Gasteiger partial charge in [0.2, 0.25) is 16.9 Å². The van der Waals surface area contributed by atoms with Gasteiger partial charge in [-0.15, -0.1) is 10.2 Å². The van der Waals surface area contributed by atoms with Gasteiger partial charge >= 0.3 is 0 Å². The summed E-state index contributed by atoms with van der Waals surface area (Å²) in [6, 6.07) is 9.54. The van der Waals surface area contributed by atoms with Gasteiger partial charge in [0.25, 0.3) is 0 Å². The standard InChI is InChI=1S/C15H18N4O2S/c1-2-6-14-18-19-15(22-14)17-13(21)9-12(20)16-10-11-7-4-3-5-8-11/h3-5,7-8H,2,6,9-10H2,1H3,(H,16,20)(H,17,19,21). The van der Waals surface area contributed by atoms with E-state index >= 15 is 0 Å². The van der Waals surface area contributed by atoms with E-state index in [4.69, 9.17) is 0 Å². The van der Waals surface area contributed by atoms with Gasteiger partial charge in [0, 0.05) is 13.0 Å². The summed E-state index contributed by atoms with van der Waals surface area (Å²) in [7, 11) is 0. The van der Waals surface area contributed by atoms with Crippen LogP contribution in [0.1, 0.15) is 30.3 Å². The van der Waals surface area contributed by atoms with E-state index in [0.717, 1.165) is 23.4 Å². The summed E-state index contributed by atoms with van der Waals surface area (Å²) >= 11 is 1.34. The van der Waals surface area contributed by atoms with Gasteiger partial charge in [-0.05, 0) is 12.0 Å². The lowest BCUT2D eigenvalue weighted by molar-refractivity contribution is -0.126. The summed E-state index contributed by atoms with van der Waals surface area (Å²) in [5.74, 6) is -0.704. The first-order chi connectivity index (χ1) is 10.7. The Balaban J connectivity index is 1.75. The van der Waals surface area contributed by atoms with Gasteiger partial charge in [-0.1, -0.05) is 48.6 Å². The van der Waals surface area contributed by atoms with Gasteiger partial charge in [-0.2, -0.15) is 0 Å². The minimum atomic E-state index is -0.384. The van der Waals surface area contributed by atoms with Crippen molar-refractivity contribution < 1.29 is 9.59 Å². The number of benzene rings is 1. The molecule has 22 heavy (non-hydrogen) atoms. The molecule has 0 saturated heterocycles. The first-order valence-electron chi connectivity index (χ1n) is 7.10. The summed E-state index contributed by atoms with van der Waals surface area (Å²) in [6.45, 7) is 2.46. The fraction of sp³-hybridized carbons (Fsp3) is 0.333.